The van der Waals surface area contributed by atoms with Gasteiger partial charge in [0.1, 0.15) is 0 Å². The summed E-state index contributed by atoms with van der Waals surface area (Å²) in [7, 11) is 0. The minimum Gasteiger partial charge on any atom is -0.350 e. The van der Waals surface area contributed by atoms with Gasteiger partial charge in [-0.2, -0.15) is 0 Å². The Balaban J connectivity index is 1.87. The van der Waals surface area contributed by atoms with Crippen LogP contribution in [0, 0.1) is 6.92 Å². The highest BCUT2D eigenvalue weighted by Crippen LogP contribution is 2.25. The molecule has 5 heteroatoms. The second kappa shape index (κ2) is 8.32. The van der Waals surface area contributed by atoms with E-state index in [9.17, 15) is 9.59 Å². The van der Waals surface area contributed by atoms with Gasteiger partial charge in [-0.3, -0.25) is 9.59 Å². The number of amides is 1. The van der Waals surface area contributed by atoms with Crippen LogP contribution >= 0.6 is 23.2 Å². The van der Waals surface area contributed by atoms with Crippen LogP contribution in [0.3, 0.4) is 0 Å². The molecule has 24 heavy (non-hydrogen) atoms. The number of halogens is 2. The van der Waals surface area contributed by atoms with E-state index in [-0.39, 0.29) is 30.6 Å². The largest absolute Gasteiger partial charge is 0.350 e. The zero-order valence-electron chi connectivity index (χ0n) is 13.6. The number of carbonyl (C=O) groups excluding carboxylic acids is 2. The quantitative estimate of drug-likeness (QED) is 0.722. The zero-order valence-corrected chi connectivity index (χ0v) is 15.1. The van der Waals surface area contributed by atoms with Gasteiger partial charge in [-0.05, 0) is 31.5 Å². The van der Waals surface area contributed by atoms with Gasteiger partial charge in [0.25, 0.3) is 0 Å². The Morgan fingerprint density at radius 3 is 2.29 bits per heavy atom. The molecule has 0 aliphatic carbocycles. The minimum absolute atomic E-state index is 0.0349. The monoisotopic (exact) mass is 363 g/mol. The minimum atomic E-state index is -0.207. The van der Waals surface area contributed by atoms with Gasteiger partial charge in [0, 0.05) is 18.4 Å². The van der Waals surface area contributed by atoms with Gasteiger partial charge in [0.05, 0.1) is 16.1 Å². The fraction of sp³-hybridized carbons (Fsp3) is 0.263. The van der Waals surface area contributed by atoms with Crippen molar-refractivity contribution in [3.63, 3.8) is 0 Å². The maximum Gasteiger partial charge on any atom is 0.220 e. The van der Waals surface area contributed by atoms with Crippen molar-refractivity contribution >= 4 is 34.9 Å². The molecular weight excluding hydrogens is 345 g/mol. The summed E-state index contributed by atoms with van der Waals surface area (Å²) in [4.78, 5) is 24.1. The van der Waals surface area contributed by atoms with Crippen molar-refractivity contribution in [1.82, 2.24) is 5.32 Å². The molecule has 0 radical (unpaired) electrons. The van der Waals surface area contributed by atoms with E-state index in [0.29, 0.717) is 15.6 Å². The van der Waals surface area contributed by atoms with E-state index in [4.69, 9.17) is 23.2 Å². The molecule has 2 aromatic rings. The molecule has 2 aromatic carbocycles. The highest BCUT2D eigenvalue weighted by Gasteiger charge is 2.13. The van der Waals surface area contributed by atoms with Crippen LogP contribution in [0.5, 0.6) is 0 Å². The lowest BCUT2D eigenvalue weighted by molar-refractivity contribution is -0.121. The molecule has 2 rings (SSSR count). The summed E-state index contributed by atoms with van der Waals surface area (Å²) in [6.07, 6.45) is 0.335. The molecule has 0 bridgehead atoms. The van der Waals surface area contributed by atoms with Crippen molar-refractivity contribution in [1.29, 1.82) is 0 Å². The van der Waals surface area contributed by atoms with E-state index in [1.54, 1.807) is 24.3 Å². The van der Waals surface area contributed by atoms with Crippen LogP contribution in [0.25, 0.3) is 0 Å². The number of rotatable bonds is 6. The molecule has 126 valence electrons. The Hall–Kier alpha value is -1.84. The van der Waals surface area contributed by atoms with Gasteiger partial charge >= 0.3 is 0 Å². The number of aryl methyl sites for hydroxylation is 1. The van der Waals surface area contributed by atoms with Crippen LogP contribution in [-0.4, -0.2) is 11.7 Å². The molecule has 1 unspecified atom stereocenters. The standard InChI is InChI=1S/C19H19Cl2NO2/c1-12-3-5-14(6-4-12)18(23)9-10-19(24)22-13(2)15-7-8-16(20)17(21)11-15/h3-8,11,13H,9-10H2,1-2H3,(H,22,24). The first kappa shape index (κ1) is 18.5. The Kier molecular flexibility index (Phi) is 6.41. The van der Waals surface area contributed by atoms with Crippen molar-refractivity contribution in [2.45, 2.75) is 32.7 Å². The number of nitrogens with one attached hydrogen (secondary N) is 1. The number of hydrogen-bond donors (Lipinski definition) is 1. The predicted molar refractivity (Wildman–Crippen MR) is 97.8 cm³/mol. The fourth-order valence-corrected chi connectivity index (χ4v) is 2.60. The molecule has 0 fully saturated rings. The van der Waals surface area contributed by atoms with Gasteiger partial charge in [-0.1, -0.05) is 59.1 Å². The van der Waals surface area contributed by atoms with Crippen LogP contribution < -0.4 is 5.32 Å². The normalized spacial score (nSPS) is 11.8. The molecular formula is C19H19Cl2NO2. The first-order valence-corrected chi connectivity index (χ1v) is 8.46. The van der Waals surface area contributed by atoms with E-state index in [1.165, 1.54) is 0 Å². The Bertz CT molecular complexity index is 742. The lowest BCUT2D eigenvalue weighted by atomic mass is 10.0. The first-order valence-electron chi connectivity index (χ1n) is 7.71. The molecule has 1 N–H and O–H groups in total. The van der Waals surface area contributed by atoms with Crippen LogP contribution in [-0.2, 0) is 4.79 Å². The summed E-state index contributed by atoms with van der Waals surface area (Å²) >= 11 is 11.9. The lowest BCUT2D eigenvalue weighted by Gasteiger charge is -2.15. The Morgan fingerprint density at radius 1 is 1.00 bits per heavy atom. The number of benzene rings is 2. The smallest absolute Gasteiger partial charge is 0.220 e. The van der Waals surface area contributed by atoms with Gasteiger partial charge in [0.2, 0.25) is 5.91 Å². The summed E-state index contributed by atoms with van der Waals surface area (Å²) in [5.41, 5.74) is 2.59. The SMILES string of the molecule is Cc1ccc(C(=O)CCC(=O)NC(C)c2ccc(Cl)c(Cl)c2)cc1. The molecule has 0 saturated heterocycles. The summed E-state index contributed by atoms with van der Waals surface area (Å²) in [5.74, 6) is -0.207. The average Bonchev–Trinajstić information content (AvgIpc) is 2.55. The third-order valence-corrected chi connectivity index (χ3v) is 4.51. The number of ketones is 1. The second-order valence-electron chi connectivity index (χ2n) is 5.75. The summed E-state index contributed by atoms with van der Waals surface area (Å²) in [6.45, 7) is 3.82. The second-order valence-corrected chi connectivity index (χ2v) is 6.57. The van der Waals surface area contributed by atoms with Crippen LogP contribution in [0.4, 0.5) is 0 Å². The van der Waals surface area contributed by atoms with E-state index in [1.807, 2.05) is 32.0 Å². The molecule has 0 aromatic heterocycles. The van der Waals surface area contributed by atoms with Crippen molar-refractivity contribution in [3.8, 4) is 0 Å². The first-order chi connectivity index (χ1) is 11.4. The predicted octanol–water partition coefficient (Wildman–Crippen LogP) is 5.14. The molecule has 3 nitrogen and oxygen atoms in total. The van der Waals surface area contributed by atoms with Gasteiger partial charge in [-0.15, -0.1) is 0 Å². The Labute approximate surface area is 152 Å². The average molecular weight is 364 g/mol. The lowest BCUT2D eigenvalue weighted by Crippen LogP contribution is -2.27. The maximum absolute atomic E-state index is 12.1. The van der Waals surface area contributed by atoms with Crippen molar-refractivity contribution in [2.24, 2.45) is 0 Å². The number of hydrogen-bond acceptors (Lipinski definition) is 2. The molecule has 0 heterocycles. The van der Waals surface area contributed by atoms with E-state index < -0.39 is 0 Å². The third-order valence-electron chi connectivity index (χ3n) is 3.77. The van der Waals surface area contributed by atoms with E-state index >= 15 is 0 Å². The molecule has 1 atom stereocenters. The van der Waals surface area contributed by atoms with Crippen LogP contribution in [0.2, 0.25) is 10.0 Å². The van der Waals surface area contributed by atoms with Crippen molar-refractivity contribution in [3.05, 3.63) is 69.2 Å². The molecule has 0 aliphatic rings. The highest BCUT2D eigenvalue weighted by molar-refractivity contribution is 6.42. The number of carbonyl (C=O) groups is 2. The van der Waals surface area contributed by atoms with Gasteiger partial charge in [0.15, 0.2) is 5.78 Å². The topological polar surface area (TPSA) is 46.2 Å². The maximum atomic E-state index is 12.1. The van der Waals surface area contributed by atoms with Gasteiger partial charge < -0.3 is 5.32 Å². The fourth-order valence-electron chi connectivity index (χ4n) is 2.29. The molecule has 0 spiro atoms. The van der Waals surface area contributed by atoms with Crippen molar-refractivity contribution in [2.75, 3.05) is 0 Å². The molecule has 0 saturated carbocycles. The summed E-state index contributed by atoms with van der Waals surface area (Å²) in [6, 6.07) is 12.4. The molecule has 0 aliphatic heterocycles. The van der Waals surface area contributed by atoms with E-state index in [2.05, 4.69) is 5.32 Å². The van der Waals surface area contributed by atoms with Crippen molar-refractivity contribution < 1.29 is 9.59 Å². The van der Waals surface area contributed by atoms with E-state index in [0.717, 1.165) is 11.1 Å². The van der Waals surface area contributed by atoms with Crippen LogP contribution in [0.15, 0.2) is 42.5 Å². The Morgan fingerprint density at radius 2 is 1.67 bits per heavy atom. The summed E-state index contributed by atoms with van der Waals surface area (Å²) < 4.78 is 0. The zero-order chi connectivity index (χ0) is 17.7. The number of Topliss-reactive ketones (excluding diaryl/α,β-unsaturated/α-hetero) is 1. The molecule has 1 amide bonds. The van der Waals surface area contributed by atoms with Gasteiger partial charge in [-0.25, -0.2) is 0 Å². The van der Waals surface area contributed by atoms with Crippen LogP contribution in [0.1, 0.15) is 47.3 Å². The summed E-state index contributed by atoms with van der Waals surface area (Å²) in [5, 5.41) is 3.79. The third kappa shape index (κ3) is 5.08. The highest BCUT2D eigenvalue weighted by atomic mass is 35.5.